The second-order valence-corrected chi connectivity index (χ2v) is 11.5. The van der Waals surface area contributed by atoms with E-state index in [4.69, 9.17) is 21.4 Å². The number of rotatable bonds is 5. The molecular weight excluding hydrogens is 490 g/mol. The smallest absolute Gasteiger partial charge is 0.358 e. The van der Waals surface area contributed by atoms with Crippen molar-refractivity contribution in [3.05, 3.63) is 97.7 Å². The first-order valence-electron chi connectivity index (χ1n) is 12.7. The van der Waals surface area contributed by atoms with Crippen LogP contribution < -0.4 is 5.56 Å². The summed E-state index contributed by atoms with van der Waals surface area (Å²) in [5, 5.41) is 12.8. The maximum atomic E-state index is 13.2. The van der Waals surface area contributed by atoms with Crippen molar-refractivity contribution in [3.8, 4) is 0 Å². The van der Waals surface area contributed by atoms with Gasteiger partial charge in [0.25, 0.3) is 5.56 Å². The highest BCUT2D eigenvalue weighted by Crippen LogP contribution is 2.52. The van der Waals surface area contributed by atoms with Crippen molar-refractivity contribution in [2.45, 2.75) is 69.9 Å². The number of hydrogen-bond acceptors (Lipinski definition) is 6. The summed E-state index contributed by atoms with van der Waals surface area (Å²) in [6.45, 7) is 6.77. The molecule has 2 aliphatic rings. The summed E-state index contributed by atoms with van der Waals surface area (Å²) >= 11 is 6.22. The molecular formula is C29H32ClN3O4. The van der Waals surface area contributed by atoms with Gasteiger partial charge >= 0.3 is 5.97 Å². The van der Waals surface area contributed by atoms with Crippen LogP contribution in [0.5, 0.6) is 0 Å². The summed E-state index contributed by atoms with van der Waals surface area (Å²) < 4.78 is 0. The zero-order valence-corrected chi connectivity index (χ0v) is 22.1. The molecule has 5 rings (SSSR count). The molecule has 1 unspecified atom stereocenters. The van der Waals surface area contributed by atoms with Crippen molar-refractivity contribution in [3.63, 3.8) is 0 Å². The molecule has 7 nitrogen and oxygen atoms in total. The second kappa shape index (κ2) is 9.71. The fourth-order valence-electron chi connectivity index (χ4n) is 4.96. The molecule has 1 atom stereocenters. The highest BCUT2D eigenvalue weighted by atomic mass is 35.5. The Morgan fingerprint density at radius 1 is 1.19 bits per heavy atom. The normalized spacial score (nSPS) is 18.0. The minimum atomic E-state index is -1.42. The number of halogens is 1. The van der Waals surface area contributed by atoms with Crippen molar-refractivity contribution >= 4 is 17.6 Å². The molecule has 8 heteroatoms. The molecule has 0 spiro atoms. The van der Waals surface area contributed by atoms with Gasteiger partial charge in [-0.2, -0.15) is 0 Å². The Morgan fingerprint density at radius 2 is 1.95 bits per heavy atom. The van der Waals surface area contributed by atoms with Crippen LogP contribution in [0.25, 0.3) is 0 Å². The summed E-state index contributed by atoms with van der Waals surface area (Å²) in [7, 11) is 0. The third-order valence-corrected chi connectivity index (χ3v) is 7.58. The zero-order chi connectivity index (χ0) is 26.4. The highest BCUT2D eigenvalue weighted by molar-refractivity contribution is 6.30. The van der Waals surface area contributed by atoms with Gasteiger partial charge in [-0.1, -0.05) is 68.8 Å². The van der Waals surface area contributed by atoms with Crippen LogP contribution in [-0.2, 0) is 33.4 Å². The number of aryl methyl sites for hydroxylation is 1. The molecule has 2 N–H and O–H groups in total. The van der Waals surface area contributed by atoms with Gasteiger partial charge in [-0.05, 0) is 59.9 Å². The summed E-state index contributed by atoms with van der Waals surface area (Å²) in [6.07, 6.45) is 1.63. The van der Waals surface area contributed by atoms with Crippen LogP contribution in [0, 0.1) is 0 Å². The predicted molar refractivity (Wildman–Crippen MR) is 141 cm³/mol. The fourth-order valence-corrected chi connectivity index (χ4v) is 5.15. The number of nitrogens with zero attached hydrogens (tertiary/aromatic N) is 2. The van der Waals surface area contributed by atoms with Gasteiger partial charge in [0.2, 0.25) is 0 Å². The Balaban J connectivity index is 1.34. The largest absolute Gasteiger partial charge is 0.377 e. The first kappa shape index (κ1) is 25.6. The van der Waals surface area contributed by atoms with Gasteiger partial charge in [0.15, 0.2) is 6.10 Å². The third kappa shape index (κ3) is 5.21. The average Bonchev–Trinajstić information content (AvgIpc) is 3.68. The van der Waals surface area contributed by atoms with Gasteiger partial charge < -0.3 is 14.9 Å². The van der Waals surface area contributed by atoms with Crippen LogP contribution in [0.3, 0.4) is 0 Å². The SMILES string of the molecule is CC(C)(C)c1cccc(C(O)C(=O)ON2CCCc3nc(C4(c5cccc(Cl)c5)CC4)[nH]c(=O)c3C2)c1. The van der Waals surface area contributed by atoms with E-state index >= 15 is 0 Å². The van der Waals surface area contributed by atoms with Crippen LogP contribution in [0.4, 0.5) is 0 Å². The molecule has 3 aromatic rings. The summed E-state index contributed by atoms with van der Waals surface area (Å²) in [4.78, 5) is 39.5. The number of hydroxylamine groups is 2. The molecule has 37 heavy (non-hydrogen) atoms. The van der Waals surface area contributed by atoms with Gasteiger partial charge in [0, 0.05) is 11.6 Å². The first-order valence-corrected chi connectivity index (χ1v) is 13.1. The van der Waals surface area contributed by atoms with E-state index in [1.807, 2.05) is 42.5 Å². The number of aliphatic hydroxyl groups is 1. The maximum absolute atomic E-state index is 13.2. The number of fused-ring (bicyclic) bond motifs is 1. The number of carbonyl (C=O) groups excluding carboxylic acids is 1. The van der Waals surface area contributed by atoms with Gasteiger partial charge in [-0.15, -0.1) is 5.06 Å². The van der Waals surface area contributed by atoms with E-state index in [-0.39, 0.29) is 22.9 Å². The lowest BCUT2D eigenvalue weighted by Gasteiger charge is -2.23. The predicted octanol–water partition coefficient (Wildman–Crippen LogP) is 4.74. The van der Waals surface area contributed by atoms with Gasteiger partial charge in [0.1, 0.15) is 5.82 Å². The van der Waals surface area contributed by atoms with Gasteiger partial charge in [-0.25, -0.2) is 9.78 Å². The topological polar surface area (TPSA) is 95.5 Å². The first-order chi connectivity index (χ1) is 17.6. The van der Waals surface area contributed by atoms with Crippen LogP contribution in [-0.4, -0.2) is 32.7 Å². The Labute approximate surface area is 221 Å². The lowest BCUT2D eigenvalue weighted by Crippen LogP contribution is -2.32. The molecule has 1 fully saturated rings. The van der Waals surface area contributed by atoms with E-state index in [0.717, 1.165) is 29.7 Å². The summed E-state index contributed by atoms with van der Waals surface area (Å²) in [6, 6.07) is 15.0. The fraction of sp³-hybridized carbons (Fsp3) is 0.414. The van der Waals surface area contributed by atoms with E-state index < -0.39 is 12.1 Å². The van der Waals surface area contributed by atoms with E-state index in [9.17, 15) is 14.7 Å². The molecule has 0 radical (unpaired) electrons. The number of aromatic amines is 1. The molecule has 0 amide bonds. The van der Waals surface area contributed by atoms with Crippen molar-refractivity contribution in [2.75, 3.05) is 6.54 Å². The lowest BCUT2D eigenvalue weighted by molar-refractivity contribution is -0.203. The number of aliphatic hydroxyl groups excluding tert-OH is 1. The molecule has 1 aromatic heterocycles. The number of benzene rings is 2. The van der Waals surface area contributed by atoms with Crippen LogP contribution in [0.2, 0.25) is 5.02 Å². The average molecular weight is 522 g/mol. The number of nitrogens with one attached hydrogen (secondary N) is 1. The van der Waals surface area contributed by atoms with Crippen molar-refractivity contribution in [2.24, 2.45) is 0 Å². The van der Waals surface area contributed by atoms with E-state index in [0.29, 0.717) is 41.4 Å². The molecule has 0 bridgehead atoms. The minimum Gasteiger partial charge on any atom is -0.377 e. The Hall–Kier alpha value is -3.00. The number of aromatic nitrogens is 2. The number of carbonyl (C=O) groups is 1. The Bertz CT molecular complexity index is 1390. The number of H-pyrrole nitrogens is 1. The van der Waals surface area contributed by atoms with E-state index in [2.05, 4.69) is 25.8 Å². The summed E-state index contributed by atoms with van der Waals surface area (Å²) in [5.74, 6) is -0.105. The third-order valence-electron chi connectivity index (χ3n) is 7.35. The van der Waals surface area contributed by atoms with Crippen molar-refractivity contribution in [1.29, 1.82) is 0 Å². The van der Waals surface area contributed by atoms with Crippen LogP contribution in [0.1, 0.15) is 79.9 Å². The summed E-state index contributed by atoms with van der Waals surface area (Å²) in [5.41, 5.74) is 3.10. The van der Waals surface area contributed by atoms with Crippen LogP contribution in [0.15, 0.2) is 53.3 Å². The monoisotopic (exact) mass is 521 g/mol. The molecule has 2 aromatic carbocycles. The second-order valence-electron chi connectivity index (χ2n) is 11.1. The molecule has 194 valence electrons. The van der Waals surface area contributed by atoms with Crippen molar-refractivity contribution in [1.82, 2.24) is 15.0 Å². The van der Waals surface area contributed by atoms with Gasteiger partial charge in [-0.3, -0.25) is 4.79 Å². The Morgan fingerprint density at radius 3 is 2.65 bits per heavy atom. The Kier molecular flexibility index (Phi) is 6.73. The lowest BCUT2D eigenvalue weighted by atomic mass is 9.86. The maximum Gasteiger partial charge on any atom is 0.358 e. The van der Waals surface area contributed by atoms with E-state index in [1.54, 1.807) is 6.07 Å². The standard InChI is InChI=1S/C29H32ClN3O4/c1-28(2,3)19-8-4-7-18(15-19)24(34)26(36)37-33-14-6-11-23-22(17-33)25(35)32-27(31-23)29(12-13-29)20-9-5-10-21(30)16-20/h4-5,7-10,15-16,24,34H,6,11-14,17H2,1-3H3,(H,31,32,35). The molecule has 1 aliphatic carbocycles. The molecule has 2 heterocycles. The minimum absolute atomic E-state index is 0.114. The molecule has 1 aliphatic heterocycles. The number of hydrogen-bond donors (Lipinski definition) is 2. The van der Waals surface area contributed by atoms with E-state index in [1.165, 1.54) is 5.06 Å². The highest BCUT2D eigenvalue weighted by Gasteiger charge is 2.48. The molecule has 1 saturated carbocycles. The molecule has 0 saturated heterocycles. The van der Waals surface area contributed by atoms with Gasteiger partial charge in [0.05, 0.1) is 23.2 Å². The quantitative estimate of drug-likeness (QED) is 0.503. The van der Waals surface area contributed by atoms with Crippen molar-refractivity contribution < 1.29 is 14.7 Å². The zero-order valence-electron chi connectivity index (χ0n) is 21.4. The van der Waals surface area contributed by atoms with Crippen LogP contribution >= 0.6 is 11.6 Å².